The summed E-state index contributed by atoms with van der Waals surface area (Å²) in [5, 5.41) is 3.19. The number of thioether (sulfide) groups is 1. The van der Waals surface area contributed by atoms with Crippen LogP contribution in [0.1, 0.15) is 30.3 Å². The zero-order valence-corrected chi connectivity index (χ0v) is 16.1. The topological polar surface area (TPSA) is 37.8 Å². The minimum Gasteiger partial charge on any atom is -0.372 e. The second kappa shape index (κ2) is 6.83. The van der Waals surface area contributed by atoms with Crippen molar-refractivity contribution in [3.8, 4) is 0 Å². The van der Waals surface area contributed by atoms with E-state index in [9.17, 15) is 0 Å². The second-order valence-corrected chi connectivity index (χ2v) is 8.00. The molecule has 0 bridgehead atoms. The fourth-order valence-corrected chi connectivity index (χ4v) is 4.39. The van der Waals surface area contributed by atoms with Crippen LogP contribution in [0.25, 0.3) is 0 Å². The molecule has 0 unspecified atom stereocenters. The standard InChI is InChI=1S/C15H15BrIN3S/c1-18-15-13(17)14(9-5-6-9)19-12(20-15)8-21-11-4-2-3-10(16)7-11/h2-4,7,9H,5-6,8H2,1H3,(H,18,19,20). The van der Waals surface area contributed by atoms with Crippen molar-refractivity contribution < 1.29 is 0 Å². The first-order valence-electron chi connectivity index (χ1n) is 6.80. The maximum Gasteiger partial charge on any atom is 0.143 e. The van der Waals surface area contributed by atoms with Crippen molar-refractivity contribution in [1.29, 1.82) is 0 Å². The van der Waals surface area contributed by atoms with Gasteiger partial charge in [0.1, 0.15) is 11.6 Å². The van der Waals surface area contributed by atoms with Crippen LogP contribution in [0, 0.1) is 3.57 Å². The minimum absolute atomic E-state index is 0.640. The van der Waals surface area contributed by atoms with Gasteiger partial charge in [0.05, 0.1) is 15.0 Å². The molecule has 0 amide bonds. The lowest BCUT2D eigenvalue weighted by atomic mass is 10.2. The summed E-state index contributed by atoms with van der Waals surface area (Å²) in [5.41, 5.74) is 1.22. The third kappa shape index (κ3) is 3.90. The van der Waals surface area contributed by atoms with Gasteiger partial charge in [-0.15, -0.1) is 11.8 Å². The fraction of sp³-hybridized carbons (Fsp3) is 0.333. The highest BCUT2D eigenvalue weighted by atomic mass is 127. The Balaban J connectivity index is 1.80. The van der Waals surface area contributed by atoms with Gasteiger partial charge >= 0.3 is 0 Å². The fourth-order valence-electron chi connectivity index (χ4n) is 2.07. The summed E-state index contributed by atoms with van der Waals surface area (Å²) in [6.45, 7) is 0. The summed E-state index contributed by atoms with van der Waals surface area (Å²) in [5.74, 6) is 3.30. The van der Waals surface area contributed by atoms with Crippen LogP contribution >= 0.6 is 50.3 Å². The Morgan fingerprint density at radius 2 is 2.19 bits per heavy atom. The van der Waals surface area contributed by atoms with E-state index in [-0.39, 0.29) is 0 Å². The van der Waals surface area contributed by atoms with Gasteiger partial charge in [0, 0.05) is 22.3 Å². The summed E-state index contributed by atoms with van der Waals surface area (Å²) in [4.78, 5) is 10.7. The molecule has 0 atom stereocenters. The molecule has 1 saturated carbocycles. The average Bonchev–Trinajstić information content (AvgIpc) is 3.31. The molecule has 0 radical (unpaired) electrons. The van der Waals surface area contributed by atoms with Crippen LogP contribution in [0.2, 0.25) is 0 Å². The summed E-state index contributed by atoms with van der Waals surface area (Å²) >= 11 is 7.63. The lowest BCUT2D eigenvalue weighted by Gasteiger charge is -2.10. The van der Waals surface area contributed by atoms with Crippen LogP contribution < -0.4 is 5.32 Å². The van der Waals surface area contributed by atoms with Crippen molar-refractivity contribution >= 4 is 56.1 Å². The molecule has 0 spiro atoms. The molecule has 21 heavy (non-hydrogen) atoms. The maximum absolute atomic E-state index is 4.79. The van der Waals surface area contributed by atoms with E-state index in [1.165, 1.54) is 27.0 Å². The molecule has 2 aromatic rings. The Morgan fingerprint density at radius 3 is 2.86 bits per heavy atom. The van der Waals surface area contributed by atoms with Crippen LogP contribution in [0.4, 0.5) is 5.82 Å². The van der Waals surface area contributed by atoms with Crippen molar-refractivity contribution in [1.82, 2.24) is 9.97 Å². The molecule has 3 rings (SSSR count). The van der Waals surface area contributed by atoms with Crippen LogP contribution in [0.15, 0.2) is 33.6 Å². The number of benzene rings is 1. The number of aromatic nitrogens is 2. The molecule has 110 valence electrons. The SMILES string of the molecule is CNc1nc(CSc2cccc(Br)c2)nc(C2CC2)c1I. The third-order valence-electron chi connectivity index (χ3n) is 3.29. The normalized spacial score (nSPS) is 14.2. The van der Waals surface area contributed by atoms with Crippen LogP contribution in [-0.2, 0) is 5.75 Å². The summed E-state index contributed by atoms with van der Waals surface area (Å²) in [6, 6.07) is 8.33. The molecule has 0 saturated heterocycles. The Morgan fingerprint density at radius 1 is 1.38 bits per heavy atom. The molecular weight excluding hydrogens is 461 g/mol. The number of halogens is 2. The molecule has 1 aromatic heterocycles. The van der Waals surface area contributed by atoms with Gasteiger partial charge in [0.2, 0.25) is 0 Å². The minimum atomic E-state index is 0.640. The Labute approximate surface area is 151 Å². The van der Waals surface area contributed by atoms with E-state index in [1.54, 1.807) is 11.8 Å². The van der Waals surface area contributed by atoms with E-state index in [0.29, 0.717) is 5.92 Å². The monoisotopic (exact) mass is 475 g/mol. The Hall–Kier alpha value is -0.340. The van der Waals surface area contributed by atoms with E-state index in [0.717, 1.165) is 21.9 Å². The zero-order chi connectivity index (χ0) is 14.8. The summed E-state index contributed by atoms with van der Waals surface area (Å²) in [6.07, 6.45) is 2.52. The predicted molar refractivity (Wildman–Crippen MR) is 100.0 cm³/mol. The number of anilines is 1. The van der Waals surface area contributed by atoms with Crippen LogP contribution in [0.3, 0.4) is 0 Å². The van der Waals surface area contributed by atoms with Gasteiger partial charge in [-0.05, 0) is 53.6 Å². The summed E-state index contributed by atoms with van der Waals surface area (Å²) < 4.78 is 2.28. The van der Waals surface area contributed by atoms with Gasteiger partial charge in [-0.3, -0.25) is 0 Å². The third-order valence-corrected chi connectivity index (χ3v) is 5.83. The van der Waals surface area contributed by atoms with Gasteiger partial charge < -0.3 is 5.32 Å². The van der Waals surface area contributed by atoms with Crippen molar-refractivity contribution in [3.05, 3.63) is 43.8 Å². The van der Waals surface area contributed by atoms with E-state index < -0.39 is 0 Å². The van der Waals surface area contributed by atoms with Crippen molar-refractivity contribution in [3.63, 3.8) is 0 Å². The van der Waals surface area contributed by atoms with Gasteiger partial charge in [-0.2, -0.15) is 0 Å². The average molecular weight is 476 g/mol. The molecule has 0 aliphatic heterocycles. The number of rotatable bonds is 5. The molecule has 1 aliphatic carbocycles. The lowest BCUT2D eigenvalue weighted by Crippen LogP contribution is -2.06. The Bertz CT molecular complexity index is 661. The van der Waals surface area contributed by atoms with E-state index >= 15 is 0 Å². The van der Waals surface area contributed by atoms with Crippen molar-refractivity contribution in [2.24, 2.45) is 0 Å². The first kappa shape index (κ1) is 15.6. The van der Waals surface area contributed by atoms with E-state index in [4.69, 9.17) is 4.98 Å². The van der Waals surface area contributed by atoms with Gasteiger partial charge in [0.25, 0.3) is 0 Å². The highest BCUT2D eigenvalue weighted by molar-refractivity contribution is 14.1. The van der Waals surface area contributed by atoms with Gasteiger partial charge in [-0.1, -0.05) is 22.0 Å². The highest BCUT2D eigenvalue weighted by Crippen LogP contribution is 2.42. The largest absolute Gasteiger partial charge is 0.372 e. The predicted octanol–water partition coefficient (Wildman–Crippen LogP) is 5.06. The number of hydrogen-bond acceptors (Lipinski definition) is 4. The van der Waals surface area contributed by atoms with Crippen molar-refractivity contribution in [2.75, 3.05) is 12.4 Å². The second-order valence-electron chi connectivity index (χ2n) is 4.96. The molecule has 1 heterocycles. The zero-order valence-electron chi connectivity index (χ0n) is 11.6. The molecule has 1 aliphatic rings. The Kier molecular flexibility index (Phi) is 5.06. The first-order valence-corrected chi connectivity index (χ1v) is 9.65. The van der Waals surface area contributed by atoms with Crippen molar-refractivity contribution in [2.45, 2.75) is 29.4 Å². The number of nitrogens with one attached hydrogen (secondary N) is 1. The van der Waals surface area contributed by atoms with E-state index in [1.807, 2.05) is 13.1 Å². The highest BCUT2D eigenvalue weighted by Gasteiger charge is 2.29. The van der Waals surface area contributed by atoms with Gasteiger partial charge in [0.15, 0.2) is 0 Å². The van der Waals surface area contributed by atoms with Gasteiger partial charge in [-0.25, -0.2) is 9.97 Å². The first-order chi connectivity index (χ1) is 10.2. The van der Waals surface area contributed by atoms with Crippen LogP contribution in [-0.4, -0.2) is 17.0 Å². The number of nitrogens with zero attached hydrogens (tertiary/aromatic N) is 2. The maximum atomic E-state index is 4.79. The smallest absolute Gasteiger partial charge is 0.143 e. The lowest BCUT2D eigenvalue weighted by molar-refractivity contribution is 0.920. The number of hydrogen-bond donors (Lipinski definition) is 1. The molecule has 1 N–H and O–H groups in total. The molecule has 6 heteroatoms. The molecule has 1 fully saturated rings. The van der Waals surface area contributed by atoms with Crippen LogP contribution in [0.5, 0.6) is 0 Å². The molecule has 1 aromatic carbocycles. The molecule has 3 nitrogen and oxygen atoms in total. The molecular formula is C15H15BrIN3S. The van der Waals surface area contributed by atoms with E-state index in [2.05, 4.69) is 67.0 Å². The quantitative estimate of drug-likeness (QED) is 0.484. The summed E-state index contributed by atoms with van der Waals surface area (Å²) in [7, 11) is 1.92.